The summed E-state index contributed by atoms with van der Waals surface area (Å²) >= 11 is 0. The van der Waals surface area contributed by atoms with E-state index in [0.29, 0.717) is 53.2 Å². The summed E-state index contributed by atoms with van der Waals surface area (Å²) in [5.74, 6) is 3.45. The largest absolute Gasteiger partial charge is 0.487 e. The SMILES string of the molecule is Cc1ccc(-n2nc(C(C)(C)C)cc2NC(=O)Nc2ccc(OC(C)(C)Cc3ccnc(N)c3)c3ccccc23)cc1.Cc1ccc(-n2nc(C(C)(C)C)cc2NC(=O)Nc2ccc(OC(C)(C)Cc3ccnc(NC(=O)OC(C)(C)C)c3)c3ccccc23)cc1. The van der Waals surface area contributed by atoms with Crippen molar-refractivity contribution in [1.29, 1.82) is 0 Å². The number of nitrogens with one attached hydrogen (secondary N) is 5. The maximum absolute atomic E-state index is 13.5. The highest BCUT2D eigenvalue weighted by Gasteiger charge is 2.28. The van der Waals surface area contributed by atoms with Crippen LogP contribution >= 0.6 is 0 Å². The molecule has 7 N–H and O–H groups in total. The van der Waals surface area contributed by atoms with E-state index < -0.39 is 22.9 Å². The molecule has 0 atom stereocenters. The Balaban J connectivity index is 0.000000218. The molecule has 0 radical (unpaired) electrons. The number of amides is 5. The molecular weight excluding hydrogens is 1140 g/mol. The Labute approximate surface area is 533 Å². The van der Waals surface area contributed by atoms with Crippen LogP contribution in [0.2, 0.25) is 0 Å². The van der Waals surface area contributed by atoms with E-state index in [0.717, 1.165) is 72.3 Å². The van der Waals surface area contributed by atoms with Crippen molar-refractivity contribution >= 4 is 74.3 Å². The number of aryl methyl sites for hydroxylation is 2. The summed E-state index contributed by atoms with van der Waals surface area (Å²) < 4.78 is 22.0. The number of nitrogens with two attached hydrogens (primary N) is 1. The molecule has 0 aliphatic heterocycles. The van der Waals surface area contributed by atoms with Crippen molar-refractivity contribution < 1.29 is 28.6 Å². The lowest BCUT2D eigenvalue weighted by Crippen LogP contribution is -2.31. The Morgan fingerprint density at radius 1 is 0.462 bits per heavy atom. The van der Waals surface area contributed by atoms with E-state index in [1.54, 1.807) is 21.8 Å². The summed E-state index contributed by atoms with van der Waals surface area (Å²) in [6.07, 6.45) is 3.99. The number of hydrogen-bond donors (Lipinski definition) is 6. The van der Waals surface area contributed by atoms with Gasteiger partial charge in [-0.1, -0.05) is 125 Å². The summed E-state index contributed by atoms with van der Waals surface area (Å²) in [5.41, 5.74) is 12.8. The van der Waals surface area contributed by atoms with Gasteiger partial charge in [0.2, 0.25) is 0 Å². The molecule has 91 heavy (non-hydrogen) atoms. The lowest BCUT2D eigenvalue weighted by molar-refractivity contribution is 0.0635. The summed E-state index contributed by atoms with van der Waals surface area (Å²) in [6, 6.07) is 49.8. The Bertz CT molecular complexity index is 4240. The molecule has 10 aromatic rings. The molecule has 0 aliphatic rings. The maximum atomic E-state index is 13.5. The monoisotopic (exact) mass is 1220 g/mol. The van der Waals surface area contributed by atoms with Gasteiger partial charge in [0.1, 0.15) is 51.6 Å². The zero-order valence-corrected chi connectivity index (χ0v) is 54.8. The summed E-state index contributed by atoms with van der Waals surface area (Å²) in [6.45, 7) is 30.2. The Hall–Kier alpha value is -10.2. The highest BCUT2D eigenvalue weighted by Crippen LogP contribution is 2.37. The number of urea groups is 2. The third kappa shape index (κ3) is 17.3. The van der Waals surface area contributed by atoms with E-state index in [9.17, 15) is 14.4 Å². The second-order valence-corrected chi connectivity index (χ2v) is 27.1. The number of nitrogens with zero attached hydrogens (tertiary/aromatic N) is 6. The minimum absolute atomic E-state index is 0.188. The summed E-state index contributed by atoms with van der Waals surface area (Å²) in [7, 11) is 0. The lowest BCUT2D eigenvalue weighted by atomic mass is 9.92. The van der Waals surface area contributed by atoms with Crippen LogP contribution in [-0.2, 0) is 28.4 Å². The summed E-state index contributed by atoms with van der Waals surface area (Å²) in [5, 5.41) is 27.9. The van der Waals surface area contributed by atoms with E-state index in [4.69, 9.17) is 30.1 Å². The third-order valence-corrected chi connectivity index (χ3v) is 14.6. The first-order chi connectivity index (χ1) is 42.8. The number of aromatic nitrogens is 6. The molecule has 18 nitrogen and oxygen atoms in total. The number of carbonyl (C=O) groups excluding carboxylic acids is 3. The van der Waals surface area contributed by atoms with Gasteiger partial charge in [0.15, 0.2) is 0 Å². The van der Waals surface area contributed by atoms with Gasteiger partial charge in [0.05, 0.1) is 34.1 Å². The number of carbonyl (C=O) groups is 3. The molecule has 4 heterocycles. The van der Waals surface area contributed by atoms with Gasteiger partial charge < -0.3 is 30.6 Å². The highest BCUT2D eigenvalue weighted by atomic mass is 16.6. The van der Waals surface area contributed by atoms with Crippen molar-refractivity contribution in [3.05, 3.63) is 204 Å². The molecule has 4 aromatic heterocycles. The predicted molar refractivity (Wildman–Crippen MR) is 367 cm³/mol. The van der Waals surface area contributed by atoms with E-state index in [1.165, 1.54) is 0 Å². The second kappa shape index (κ2) is 26.5. The van der Waals surface area contributed by atoms with Crippen LogP contribution in [0.15, 0.2) is 170 Å². The van der Waals surface area contributed by atoms with Crippen LogP contribution in [0, 0.1) is 13.8 Å². The third-order valence-electron chi connectivity index (χ3n) is 14.6. The maximum Gasteiger partial charge on any atom is 0.413 e. The van der Waals surface area contributed by atoms with Crippen molar-refractivity contribution in [2.45, 2.75) is 144 Å². The molecule has 0 saturated carbocycles. The lowest BCUT2D eigenvalue weighted by Gasteiger charge is -2.28. The van der Waals surface area contributed by atoms with Gasteiger partial charge in [-0.15, -0.1) is 0 Å². The zero-order valence-electron chi connectivity index (χ0n) is 54.8. The number of fused-ring (bicyclic) bond motifs is 2. The van der Waals surface area contributed by atoms with Crippen LogP contribution in [0.1, 0.15) is 124 Å². The molecule has 472 valence electrons. The molecule has 0 unspecified atom stereocenters. The van der Waals surface area contributed by atoms with Gasteiger partial charge >= 0.3 is 18.2 Å². The van der Waals surface area contributed by atoms with E-state index >= 15 is 0 Å². The minimum Gasteiger partial charge on any atom is -0.487 e. The zero-order chi connectivity index (χ0) is 65.6. The molecule has 18 heteroatoms. The van der Waals surface area contributed by atoms with Crippen molar-refractivity contribution in [2.75, 3.05) is 32.3 Å². The van der Waals surface area contributed by atoms with Gasteiger partial charge in [0.25, 0.3) is 0 Å². The standard InChI is InChI=1S/C39H46N6O4.C34H38N6O2/c1-25-14-16-27(17-15-25)45-34(23-32(44-45)37(2,3)4)43-35(46)41-30-18-19-31(29-13-11-10-12-28(29)30)48-39(8,9)24-26-20-21-40-33(22-26)42-36(47)49-38(5,6)7;1-22-11-13-24(14-12-22)40-31(20-29(39-40)33(2,3)4)38-32(41)37-27-15-16-28(26-10-8-7-9-25(26)27)42-34(5,6)21-23-17-18-36-30(35)19-23/h10-23H,24H2,1-9H3,(H,40,42,47)(H2,41,43,46);7-20H,21H2,1-6H3,(H2,35,36)(H2,37,38,41). The molecule has 0 aliphatic carbocycles. The molecule has 10 rings (SSSR count). The number of rotatable bonds is 15. The number of pyridine rings is 2. The number of benzene rings is 6. The first kappa shape index (κ1) is 65.2. The molecule has 6 aromatic carbocycles. The van der Waals surface area contributed by atoms with Gasteiger partial charge in [-0.25, -0.2) is 33.7 Å². The van der Waals surface area contributed by atoms with Crippen LogP contribution in [0.3, 0.4) is 0 Å². The van der Waals surface area contributed by atoms with Crippen molar-refractivity contribution in [3.63, 3.8) is 0 Å². The molecule has 0 fully saturated rings. The van der Waals surface area contributed by atoms with Gasteiger partial charge in [-0.3, -0.25) is 16.0 Å². The van der Waals surface area contributed by atoms with Crippen LogP contribution in [0.5, 0.6) is 11.5 Å². The highest BCUT2D eigenvalue weighted by molar-refractivity contribution is 6.08. The molecule has 0 spiro atoms. The molecule has 0 bridgehead atoms. The average Bonchev–Trinajstić information content (AvgIpc) is 1.51. The van der Waals surface area contributed by atoms with Gasteiger partial charge in [-0.05, 0) is 146 Å². The smallest absolute Gasteiger partial charge is 0.413 e. The van der Waals surface area contributed by atoms with Crippen LogP contribution < -0.4 is 41.8 Å². The second-order valence-electron chi connectivity index (χ2n) is 27.1. The Morgan fingerprint density at radius 2 is 0.868 bits per heavy atom. The first-order valence-electron chi connectivity index (χ1n) is 30.4. The number of ether oxygens (including phenoxy) is 3. The number of nitrogen functional groups attached to an aromatic ring is 1. The predicted octanol–water partition coefficient (Wildman–Crippen LogP) is 17.1. The first-order valence-corrected chi connectivity index (χ1v) is 30.4. The van der Waals surface area contributed by atoms with Crippen LogP contribution in [0.4, 0.5) is 49.0 Å². The normalized spacial score (nSPS) is 11.9. The fraction of sp³-hybridized carbons (Fsp3) is 0.301. The van der Waals surface area contributed by atoms with E-state index in [1.807, 2.05) is 220 Å². The molecule has 0 saturated heterocycles. The number of hydrogen-bond acceptors (Lipinski definition) is 11. The number of anilines is 6. The van der Waals surface area contributed by atoms with Crippen molar-refractivity contribution in [3.8, 4) is 22.9 Å². The Kier molecular flexibility index (Phi) is 19.0. The average molecular weight is 1230 g/mol. The Morgan fingerprint density at radius 3 is 1.27 bits per heavy atom. The van der Waals surface area contributed by atoms with Gasteiger partial charge in [-0.2, -0.15) is 10.2 Å². The minimum atomic E-state index is -0.626. The van der Waals surface area contributed by atoms with Crippen LogP contribution in [0.25, 0.3) is 32.9 Å². The van der Waals surface area contributed by atoms with Crippen LogP contribution in [-0.4, -0.2) is 64.5 Å². The quantitative estimate of drug-likeness (QED) is 0.0566. The fourth-order valence-electron chi connectivity index (χ4n) is 10.2. The summed E-state index contributed by atoms with van der Waals surface area (Å²) in [4.78, 5) is 47.4. The molecule has 5 amide bonds. The van der Waals surface area contributed by atoms with Crippen molar-refractivity contribution in [2.24, 2.45) is 0 Å². The molecular formula is C73H84N12O6. The topological polar surface area (TPSA) is 226 Å². The van der Waals surface area contributed by atoms with E-state index in [2.05, 4.69) is 78.1 Å². The van der Waals surface area contributed by atoms with Crippen molar-refractivity contribution in [1.82, 2.24) is 29.5 Å². The fourth-order valence-corrected chi connectivity index (χ4v) is 10.2. The van der Waals surface area contributed by atoms with E-state index in [-0.39, 0.29) is 22.9 Å². The van der Waals surface area contributed by atoms with Gasteiger partial charge in [0, 0.05) is 69.7 Å².